The van der Waals surface area contributed by atoms with Crippen molar-refractivity contribution in [3.63, 3.8) is 0 Å². The van der Waals surface area contributed by atoms with Crippen LogP contribution in [0.5, 0.6) is 0 Å². The van der Waals surface area contributed by atoms with E-state index in [0.29, 0.717) is 35.4 Å². The summed E-state index contributed by atoms with van der Waals surface area (Å²) in [5.41, 5.74) is 1.94. The maximum atomic E-state index is 12.6. The van der Waals surface area contributed by atoms with Crippen molar-refractivity contribution in [1.29, 1.82) is 0 Å². The van der Waals surface area contributed by atoms with Gasteiger partial charge in [-0.05, 0) is 25.8 Å². The summed E-state index contributed by atoms with van der Waals surface area (Å²) in [6.45, 7) is 4.78. The van der Waals surface area contributed by atoms with Gasteiger partial charge in [-0.1, -0.05) is 22.9 Å². The lowest BCUT2D eigenvalue weighted by Crippen LogP contribution is -2.55. The molecule has 2 atom stereocenters. The first-order valence-corrected chi connectivity index (χ1v) is 9.63. The average molecular weight is 413 g/mol. The second kappa shape index (κ2) is 7.87. The van der Waals surface area contributed by atoms with Crippen LogP contribution in [0.15, 0.2) is 6.20 Å². The third-order valence-electron chi connectivity index (χ3n) is 4.73. The number of rotatable bonds is 5. The number of hydrogen-bond acceptors (Lipinski definition) is 6. The molecule has 2 aromatic rings. The monoisotopic (exact) mass is 412 g/mol. The minimum absolute atomic E-state index is 0.167. The number of ether oxygens (including phenoxy) is 1. The highest BCUT2D eigenvalue weighted by atomic mass is 35.5. The molecule has 0 aromatic carbocycles. The average Bonchev–Trinajstić information content (AvgIpc) is 3.23. The van der Waals surface area contributed by atoms with Gasteiger partial charge < -0.3 is 25.0 Å². The molecule has 8 nitrogen and oxygen atoms in total. The largest absolute Gasteiger partial charge is 0.477 e. The number of piperidine rings is 1. The van der Waals surface area contributed by atoms with E-state index in [4.69, 9.17) is 21.4 Å². The number of aromatic nitrogens is 2. The topological polar surface area (TPSA) is 108 Å². The van der Waals surface area contributed by atoms with Crippen molar-refractivity contribution in [1.82, 2.24) is 15.3 Å². The Morgan fingerprint density at radius 2 is 2.22 bits per heavy atom. The molecule has 1 saturated heterocycles. The van der Waals surface area contributed by atoms with Gasteiger partial charge in [-0.2, -0.15) is 0 Å². The normalized spacial score (nSPS) is 19.9. The molecule has 1 fully saturated rings. The summed E-state index contributed by atoms with van der Waals surface area (Å²) in [5.74, 6) is -1.20. The van der Waals surface area contributed by atoms with Crippen molar-refractivity contribution in [3.05, 3.63) is 33.0 Å². The Hall–Kier alpha value is -2.10. The molecule has 2 unspecified atom stereocenters. The predicted molar refractivity (Wildman–Crippen MR) is 103 cm³/mol. The van der Waals surface area contributed by atoms with E-state index in [9.17, 15) is 9.59 Å². The molecule has 3 N–H and O–H groups in total. The molecule has 0 aliphatic carbocycles. The number of H-pyrrole nitrogens is 1. The maximum Gasteiger partial charge on any atom is 0.347 e. The number of carbonyl (C=O) groups is 2. The quantitative estimate of drug-likeness (QED) is 0.696. The SMILES string of the molecule is COC1CN(c2ncc(C(=O)O)s2)CCC1NC(=O)c1[nH]c(C)c(Cl)c1C. The number of aromatic carboxylic acids is 1. The zero-order valence-electron chi connectivity index (χ0n) is 15.2. The summed E-state index contributed by atoms with van der Waals surface area (Å²) < 4.78 is 5.57. The van der Waals surface area contributed by atoms with Gasteiger partial charge in [-0.15, -0.1) is 0 Å². The number of nitrogens with one attached hydrogen (secondary N) is 2. The van der Waals surface area contributed by atoms with Crippen LogP contribution in [0, 0.1) is 13.8 Å². The molecule has 0 radical (unpaired) electrons. The zero-order valence-corrected chi connectivity index (χ0v) is 16.8. The van der Waals surface area contributed by atoms with Crippen molar-refractivity contribution < 1.29 is 19.4 Å². The molecule has 2 aromatic heterocycles. The van der Waals surface area contributed by atoms with Crippen molar-refractivity contribution >= 4 is 39.9 Å². The highest BCUT2D eigenvalue weighted by Crippen LogP contribution is 2.27. The molecular formula is C17H21ClN4O4S. The zero-order chi connectivity index (χ0) is 19.7. The molecule has 1 amide bonds. The Kier molecular flexibility index (Phi) is 5.73. The highest BCUT2D eigenvalue weighted by molar-refractivity contribution is 7.17. The first kappa shape index (κ1) is 19.7. The van der Waals surface area contributed by atoms with Gasteiger partial charge in [0.1, 0.15) is 10.6 Å². The number of amides is 1. The second-order valence-corrected chi connectivity index (χ2v) is 7.85. The lowest BCUT2D eigenvalue weighted by atomic mass is 10.0. The van der Waals surface area contributed by atoms with Crippen LogP contribution in [0.25, 0.3) is 0 Å². The van der Waals surface area contributed by atoms with Crippen LogP contribution in [0.4, 0.5) is 5.13 Å². The molecule has 0 bridgehead atoms. The Bertz CT molecular complexity index is 865. The number of anilines is 1. The van der Waals surface area contributed by atoms with Gasteiger partial charge in [0.15, 0.2) is 5.13 Å². The number of carboxylic acid groups (broad SMARTS) is 1. The van der Waals surface area contributed by atoms with Crippen LogP contribution in [0.2, 0.25) is 5.02 Å². The molecule has 3 rings (SSSR count). The minimum Gasteiger partial charge on any atom is -0.477 e. The fourth-order valence-corrected chi connectivity index (χ4v) is 4.13. The van der Waals surface area contributed by atoms with Crippen LogP contribution >= 0.6 is 22.9 Å². The van der Waals surface area contributed by atoms with Crippen molar-refractivity contribution in [3.8, 4) is 0 Å². The summed E-state index contributed by atoms with van der Waals surface area (Å²) in [5, 5.41) is 13.3. The number of thiazole rings is 1. The predicted octanol–water partition coefficient (Wildman–Crippen LogP) is 2.46. The van der Waals surface area contributed by atoms with E-state index in [1.807, 2.05) is 11.8 Å². The Morgan fingerprint density at radius 1 is 1.48 bits per heavy atom. The first-order chi connectivity index (χ1) is 12.8. The Morgan fingerprint density at radius 3 is 2.78 bits per heavy atom. The lowest BCUT2D eigenvalue weighted by Gasteiger charge is -2.37. The van der Waals surface area contributed by atoms with Gasteiger partial charge in [0.2, 0.25) is 0 Å². The standard InChI is InChI=1S/C17H21ClN4O4S/c1-8-13(18)9(2)20-14(8)15(23)21-10-4-5-22(7-11(10)26-3)17-19-6-12(27-17)16(24)25/h6,10-11,20H,4-5,7H2,1-3H3,(H,21,23)(H,24,25). The van der Waals surface area contributed by atoms with Crippen molar-refractivity contribution in [2.75, 3.05) is 25.1 Å². The first-order valence-electron chi connectivity index (χ1n) is 8.44. The van der Waals surface area contributed by atoms with E-state index in [0.717, 1.165) is 22.6 Å². The summed E-state index contributed by atoms with van der Waals surface area (Å²) in [7, 11) is 1.60. The number of aromatic amines is 1. The van der Waals surface area contributed by atoms with E-state index in [1.165, 1.54) is 6.20 Å². The molecule has 27 heavy (non-hydrogen) atoms. The Balaban J connectivity index is 1.68. The van der Waals surface area contributed by atoms with Crippen molar-refractivity contribution in [2.24, 2.45) is 0 Å². The van der Waals surface area contributed by atoms with Gasteiger partial charge >= 0.3 is 5.97 Å². The van der Waals surface area contributed by atoms with Gasteiger partial charge in [0, 0.05) is 25.9 Å². The van der Waals surface area contributed by atoms with Gasteiger partial charge in [-0.25, -0.2) is 9.78 Å². The molecule has 3 heterocycles. The number of hydrogen-bond donors (Lipinski definition) is 3. The fourth-order valence-electron chi connectivity index (χ4n) is 3.20. The number of methoxy groups -OCH3 is 1. The summed E-state index contributed by atoms with van der Waals surface area (Å²) >= 11 is 7.29. The number of halogens is 1. The van der Waals surface area contributed by atoms with Gasteiger partial charge in [0.05, 0.1) is 23.4 Å². The molecular weight excluding hydrogens is 392 g/mol. The van der Waals surface area contributed by atoms with Crippen LogP contribution in [-0.2, 0) is 4.74 Å². The van der Waals surface area contributed by atoms with E-state index in [-0.39, 0.29) is 22.9 Å². The summed E-state index contributed by atoms with van der Waals surface area (Å²) in [6.07, 6.45) is 1.77. The molecule has 0 saturated carbocycles. The lowest BCUT2D eigenvalue weighted by molar-refractivity contribution is 0.0540. The number of nitrogens with zero attached hydrogens (tertiary/aromatic N) is 2. The summed E-state index contributed by atoms with van der Waals surface area (Å²) in [6, 6.07) is -0.167. The highest BCUT2D eigenvalue weighted by Gasteiger charge is 2.32. The van der Waals surface area contributed by atoms with E-state index in [1.54, 1.807) is 14.0 Å². The van der Waals surface area contributed by atoms with E-state index < -0.39 is 5.97 Å². The second-order valence-electron chi connectivity index (χ2n) is 6.47. The minimum atomic E-state index is -0.987. The van der Waals surface area contributed by atoms with E-state index >= 15 is 0 Å². The fraction of sp³-hybridized carbons (Fsp3) is 0.471. The molecule has 1 aliphatic rings. The van der Waals surface area contributed by atoms with Crippen LogP contribution in [0.3, 0.4) is 0 Å². The van der Waals surface area contributed by atoms with E-state index in [2.05, 4.69) is 15.3 Å². The number of carbonyl (C=O) groups excluding carboxylic acids is 1. The third kappa shape index (κ3) is 3.95. The molecule has 10 heteroatoms. The summed E-state index contributed by atoms with van der Waals surface area (Å²) in [4.78, 5) is 33.1. The molecule has 1 aliphatic heterocycles. The Labute approximate surface area is 165 Å². The van der Waals surface area contributed by atoms with Crippen LogP contribution in [0.1, 0.15) is 37.8 Å². The van der Waals surface area contributed by atoms with Gasteiger partial charge in [0.25, 0.3) is 5.91 Å². The third-order valence-corrected chi connectivity index (χ3v) is 6.34. The number of aryl methyl sites for hydroxylation is 1. The smallest absolute Gasteiger partial charge is 0.347 e. The number of carboxylic acids is 1. The van der Waals surface area contributed by atoms with Crippen molar-refractivity contribution in [2.45, 2.75) is 32.4 Å². The van der Waals surface area contributed by atoms with Crippen LogP contribution < -0.4 is 10.2 Å². The van der Waals surface area contributed by atoms with Crippen LogP contribution in [-0.4, -0.2) is 59.3 Å². The maximum absolute atomic E-state index is 12.6. The molecule has 146 valence electrons. The molecule has 0 spiro atoms. The van der Waals surface area contributed by atoms with Gasteiger partial charge in [-0.3, -0.25) is 4.79 Å².